The van der Waals surface area contributed by atoms with E-state index in [1.54, 1.807) is 0 Å². The van der Waals surface area contributed by atoms with E-state index in [1.807, 2.05) is 18.8 Å². The molecule has 2 aliphatic rings. The number of rotatable bonds is 5. The first kappa shape index (κ1) is 22.5. The predicted molar refractivity (Wildman–Crippen MR) is 121 cm³/mol. The van der Waals surface area contributed by atoms with Gasteiger partial charge in [-0.3, -0.25) is 9.67 Å². The fourth-order valence-electron chi connectivity index (χ4n) is 4.26. The minimum absolute atomic E-state index is 0. The molecule has 1 saturated carbocycles. The molecule has 0 bridgehead atoms. The second kappa shape index (κ2) is 10.6. The highest BCUT2D eigenvalue weighted by atomic mass is 127. The first-order valence-corrected chi connectivity index (χ1v) is 10.1. The minimum Gasteiger partial charge on any atom is -0.378 e. The Bertz CT molecular complexity index is 616. The van der Waals surface area contributed by atoms with E-state index in [4.69, 9.17) is 4.74 Å². The molecule has 27 heavy (non-hydrogen) atoms. The van der Waals surface area contributed by atoms with Gasteiger partial charge in [-0.25, -0.2) is 0 Å². The van der Waals surface area contributed by atoms with Gasteiger partial charge in [0.05, 0.1) is 11.8 Å². The van der Waals surface area contributed by atoms with Crippen LogP contribution in [0.4, 0.5) is 0 Å². The van der Waals surface area contributed by atoms with Gasteiger partial charge in [0.1, 0.15) is 0 Å². The molecule has 2 heterocycles. The zero-order valence-corrected chi connectivity index (χ0v) is 19.7. The number of hydrogen-bond acceptors (Lipinski definition) is 3. The number of ether oxygens (including phenoxy) is 1. The Labute approximate surface area is 181 Å². The molecule has 0 spiro atoms. The number of hydrogen-bond donors (Lipinski definition) is 1. The van der Waals surface area contributed by atoms with Crippen molar-refractivity contribution < 1.29 is 4.74 Å². The van der Waals surface area contributed by atoms with E-state index >= 15 is 0 Å². The summed E-state index contributed by atoms with van der Waals surface area (Å²) in [6, 6.07) is 0. The molecule has 0 atom stereocenters. The van der Waals surface area contributed by atoms with E-state index in [0.717, 1.165) is 56.7 Å². The number of piperidine rings is 1. The fourth-order valence-corrected chi connectivity index (χ4v) is 4.26. The lowest BCUT2D eigenvalue weighted by Gasteiger charge is -2.34. The largest absolute Gasteiger partial charge is 0.378 e. The summed E-state index contributed by atoms with van der Waals surface area (Å²) in [5.74, 6) is 1.80. The van der Waals surface area contributed by atoms with Crippen molar-refractivity contribution in [3.8, 4) is 0 Å². The molecule has 6 nitrogen and oxygen atoms in total. The summed E-state index contributed by atoms with van der Waals surface area (Å²) in [4.78, 5) is 6.85. The van der Waals surface area contributed by atoms with E-state index in [9.17, 15) is 0 Å². The summed E-state index contributed by atoms with van der Waals surface area (Å²) < 4.78 is 8.14. The number of halogens is 1. The van der Waals surface area contributed by atoms with Crippen LogP contribution in [0.1, 0.15) is 55.5 Å². The number of likely N-dealkylation sites (tertiary alicyclic amines) is 1. The summed E-state index contributed by atoms with van der Waals surface area (Å²) in [6.07, 6.45) is 8.13. The van der Waals surface area contributed by atoms with Gasteiger partial charge in [0.25, 0.3) is 0 Å². The van der Waals surface area contributed by atoms with Gasteiger partial charge in [0, 0.05) is 51.6 Å². The van der Waals surface area contributed by atoms with Gasteiger partial charge < -0.3 is 15.0 Å². The quantitative estimate of drug-likeness (QED) is 0.392. The van der Waals surface area contributed by atoms with Gasteiger partial charge in [-0.05, 0) is 45.4 Å². The van der Waals surface area contributed by atoms with E-state index in [0.29, 0.717) is 6.10 Å². The highest BCUT2D eigenvalue weighted by Crippen LogP contribution is 2.26. The smallest absolute Gasteiger partial charge is 0.193 e. The summed E-state index contributed by atoms with van der Waals surface area (Å²) in [6.45, 7) is 7.96. The molecule has 1 aromatic rings. The van der Waals surface area contributed by atoms with Crippen molar-refractivity contribution >= 4 is 29.9 Å². The maximum atomic E-state index is 6.19. The summed E-state index contributed by atoms with van der Waals surface area (Å²) in [5.41, 5.74) is 3.57. The van der Waals surface area contributed by atoms with E-state index in [-0.39, 0.29) is 24.0 Å². The fraction of sp³-hybridized carbons (Fsp3) is 0.800. The average Bonchev–Trinajstić information content (AvgIpc) is 3.24. The van der Waals surface area contributed by atoms with Crippen LogP contribution in [0.2, 0.25) is 0 Å². The van der Waals surface area contributed by atoms with E-state index < -0.39 is 0 Å². The minimum atomic E-state index is 0. The Morgan fingerprint density at radius 1 is 1.19 bits per heavy atom. The molecule has 1 aromatic heterocycles. The van der Waals surface area contributed by atoms with E-state index in [1.165, 1.54) is 36.9 Å². The molecule has 3 rings (SSSR count). The lowest BCUT2D eigenvalue weighted by molar-refractivity contribution is 0.00101. The molecular formula is C20H36IN5O. The van der Waals surface area contributed by atoms with Crippen molar-refractivity contribution in [1.29, 1.82) is 0 Å². The van der Waals surface area contributed by atoms with Crippen LogP contribution in [0.15, 0.2) is 4.99 Å². The standard InChI is InChI=1S/C20H35N5O.HI/c1-15-19(16(2)24(4)23-15)13-22-20(21-3)25-11-9-18(10-12-25)26-14-17-7-5-6-8-17;/h17-18H,5-14H2,1-4H3,(H,21,22);1H. The number of aliphatic imine (C=N–C) groups is 1. The molecule has 1 aliphatic heterocycles. The molecule has 0 amide bonds. The highest BCUT2D eigenvalue weighted by Gasteiger charge is 2.24. The van der Waals surface area contributed by atoms with Crippen LogP contribution in [-0.4, -0.2) is 53.5 Å². The van der Waals surface area contributed by atoms with Crippen molar-refractivity contribution in [1.82, 2.24) is 20.0 Å². The third kappa shape index (κ3) is 5.82. The monoisotopic (exact) mass is 489 g/mol. The van der Waals surface area contributed by atoms with Gasteiger partial charge in [-0.2, -0.15) is 5.10 Å². The van der Waals surface area contributed by atoms with Crippen LogP contribution in [0, 0.1) is 19.8 Å². The molecule has 154 valence electrons. The Kier molecular flexibility index (Phi) is 8.85. The number of nitrogens with zero attached hydrogens (tertiary/aromatic N) is 4. The molecule has 0 aromatic carbocycles. The zero-order chi connectivity index (χ0) is 18.5. The molecule has 0 unspecified atom stereocenters. The summed E-state index contributed by atoms with van der Waals surface area (Å²) in [7, 11) is 3.87. The SMILES string of the molecule is CN=C(NCc1c(C)nn(C)c1C)N1CCC(OCC2CCCC2)CC1.I. The summed E-state index contributed by atoms with van der Waals surface area (Å²) >= 11 is 0. The van der Waals surface area contributed by atoms with Gasteiger partial charge in [0.15, 0.2) is 5.96 Å². The van der Waals surface area contributed by atoms with Crippen molar-refractivity contribution in [3.63, 3.8) is 0 Å². The molecule has 1 aliphatic carbocycles. The normalized spacial score (nSPS) is 19.4. The number of guanidine groups is 1. The lowest BCUT2D eigenvalue weighted by Crippen LogP contribution is -2.47. The molecule has 7 heteroatoms. The second-order valence-electron chi connectivity index (χ2n) is 7.84. The van der Waals surface area contributed by atoms with Crippen LogP contribution in [0.3, 0.4) is 0 Å². The Morgan fingerprint density at radius 3 is 2.41 bits per heavy atom. The van der Waals surface area contributed by atoms with Crippen LogP contribution in [0.25, 0.3) is 0 Å². The van der Waals surface area contributed by atoms with Crippen molar-refractivity contribution in [2.45, 2.75) is 65.0 Å². The van der Waals surface area contributed by atoms with Crippen LogP contribution >= 0.6 is 24.0 Å². The van der Waals surface area contributed by atoms with Crippen LogP contribution in [0.5, 0.6) is 0 Å². The Balaban J connectivity index is 0.00000261. The van der Waals surface area contributed by atoms with E-state index in [2.05, 4.69) is 34.2 Å². The lowest BCUT2D eigenvalue weighted by atomic mass is 10.1. The predicted octanol–water partition coefficient (Wildman–Crippen LogP) is 3.40. The van der Waals surface area contributed by atoms with Crippen molar-refractivity contribution in [2.24, 2.45) is 18.0 Å². The second-order valence-corrected chi connectivity index (χ2v) is 7.84. The molecular weight excluding hydrogens is 453 g/mol. The molecule has 1 N–H and O–H groups in total. The zero-order valence-electron chi connectivity index (χ0n) is 17.3. The van der Waals surface area contributed by atoms with Gasteiger partial charge in [0.2, 0.25) is 0 Å². The molecule has 1 saturated heterocycles. The number of nitrogens with one attached hydrogen (secondary N) is 1. The highest BCUT2D eigenvalue weighted by molar-refractivity contribution is 14.0. The van der Waals surface area contributed by atoms with Crippen molar-refractivity contribution in [3.05, 3.63) is 17.0 Å². The van der Waals surface area contributed by atoms with Gasteiger partial charge >= 0.3 is 0 Å². The topological polar surface area (TPSA) is 54.7 Å². The Hall–Kier alpha value is -0.830. The average molecular weight is 489 g/mol. The maximum absolute atomic E-state index is 6.19. The number of aromatic nitrogens is 2. The van der Waals surface area contributed by atoms with Gasteiger partial charge in [-0.1, -0.05) is 12.8 Å². The maximum Gasteiger partial charge on any atom is 0.193 e. The third-order valence-corrected chi connectivity index (χ3v) is 6.08. The summed E-state index contributed by atoms with van der Waals surface area (Å²) in [5, 5.41) is 8.02. The van der Waals surface area contributed by atoms with Crippen LogP contribution < -0.4 is 5.32 Å². The third-order valence-electron chi connectivity index (χ3n) is 6.08. The molecule has 2 fully saturated rings. The first-order valence-electron chi connectivity index (χ1n) is 10.1. The molecule has 0 radical (unpaired) electrons. The van der Waals surface area contributed by atoms with Gasteiger partial charge in [-0.15, -0.1) is 24.0 Å². The Morgan fingerprint density at radius 2 is 1.85 bits per heavy atom. The van der Waals surface area contributed by atoms with Crippen LogP contribution in [-0.2, 0) is 18.3 Å². The number of aryl methyl sites for hydroxylation is 2. The van der Waals surface area contributed by atoms with Crippen molar-refractivity contribution in [2.75, 3.05) is 26.7 Å². The first-order chi connectivity index (χ1) is 12.6.